The highest BCUT2D eigenvalue weighted by molar-refractivity contribution is 5.83. The zero-order chi connectivity index (χ0) is 8.27. The van der Waals surface area contributed by atoms with E-state index in [0.717, 1.165) is 19.3 Å². The lowest BCUT2D eigenvalue weighted by atomic mass is 9.95. The Morgan fingerprint density at radius 3 is 2.64 bits per heavy atom. The van der Waals surface area contributed by atoms with Crippen LogP contribution in [0.5, 0.6) is 0 Å². The van der Waals surface area contributed by atoms with Crippen molar-refractivity contribution in [3.05, 3.63) is 0 Å². The smallest absolute Gasteiger partial charge is 0.163 e. The maximum atomic E-state index is 11.0. The number of rotatable bonds is 0. The number of carbonyl (C=O) groups is 1. The van der Waals surface area contributed by atoms with Crippen LogP contribution in [0.4, 0.5) is 0 Å². The summed E-state index contributed by atoms with van der Waals surface area (Å²) in [6.45, 7) is 0. The zero-order valence-corrected chi connectivity index (χ0v) is 6.49. The van der Waals surface area contributed by atoms with Crippen LogP contribution in [-0.4, -0.2) is 28.2 Å². The molecule has 0 bridgehead atoms. The second-order valence-corrected chi connectivity index (χ2v) is 3.08. The van der Waals surface area contributed by atoms with Crippen molar-refractivity contribution in [2.24, 2.45) is 0 Å². The Hall–Kier alpha value is -0.410. The number of aliphatic hydroxyl groups excluding tert-OH is 2. The van der Waals surface area contributed by atoms with Gasteiger partial charge in [0.1, 0.15) is 6.10 Å². The number of ketones is 1. The van der Waals surface area contributed by atoms with Crippen LogP contribution in [0.1, 0.15) is 32.1 Å². The van der Waals surface area contributed by atoms with Crippen LogP contribution in [0.15, 0.2) is 0 Å². The van der Waals surface area contributed by atoms with E-state index in [4.69, 9.17) is 5.11 Å². The van der Waals surface area contributed by atoms with Gasteiger partial charge in [-0.25, -0.2) is 0 Å². The first-order valence-corrected chi connectivity index (χ1v) is 4.10. The molecule has 2 atom stereocenters. The van der Waals surface area contributed by atoms with E-state index in [1.807, 2.05) is 0 Å². The minimum Gasteiger partial charge on any atom is -0.390 e. The highest BCUT2D eigenvalue weighted by Gasteiger charge is 2.24. The molecule has 0 saturated heterocycles. The van der Waals surface area contributed by atoms with E-state index in [2.05, 4.69) is 0 Å². The van der Waals surface area contributed by atoms with Gasteiger partial charge in [-0.2, -0.15) is 0 Å². The van der Waals surface area contributed by atoms with Gasteiger partial charge in [0.2, 0.25) is 0 Å². The van der Waals surface area contributed by atoms with Crippen LogP contribution in [0.25, 0.3) is 0 Å². The molecule has 0 heterocycles. The van der Waals surface area contributed by atoms with Crippen molar-refractivity contribution in [1.82, 2.24) is 0 Å². The Morgan fingerprint density at radius 1 is 1.18 bits per heavy atom. The molecule has 3 nitrogen and oxygen atoms in total. The molecule has 1 aliphatic rings. The van der Waals surface area contributed by atoms with Crippen molar-refractivity contribution >= 4 is 5.78 Å². The highest BCUT2D eigenvalue weighted by Crippen LogP contribution is 2.14. The lowest BCUT2D eigenvalue weighted by Crippen LogP contribution is -2.34. The summed E-state index contributed by atoms with van der Waals surface area (Å²) in [5, 5.41) is 18.3. The molecule has 0 aromatic carbocycles. The van der Waals surface area contributed by atoms with Gasteiger partial charge in [-0.1, -0.05) is 12.8 Å². The summed E-state index contributed by atoms with van der Waals surface area (Å²) in [6.07, 6.45) is 1.74. The summed E-state index contributed by atoms with van der Waals surface area (Å²) in [6, 6.07) is 0. The van der Waals surface area contributed by atoms with Gasteiger partial charge in [0, 0.05) is 6.42 Å². The fourth-order valence-corrected chi connectivity index (χ4v) is 1.35. The van der Waals surface area contributed by atoms with Crippen LogP contribution < -0.4 is 0 Å². The molecular weight excluding hydrogens is 144 g/mol. The molecule has 0 aromatic rings. The Morgan fingerprint density at radius 2 is 1.91 bits per heavy atom. The summed E-state index contributed by atoms with van der Waals surface area (Å²) < 4.78 is 0. The van der Waals surface area contributed by atoms with Gasteiger partial charge in [-0.3, -0.25) is 4.79 Å². The molecule has 1 rings (SSSR count). The number of carbonyl (C=O) groups excluding carboxylic acids is 1. The number of hydrogen-bond donors (Lipinski definition) is 2. The van der Waals surface area contributed by atoms with E-state index < -0.39 is 12.2 Å². The molecule has 0 aliphatic heterocycles. The summed E-state index contributed by atoms with van der Waals surface area (Å²) in [7, 11) is 0. The predicted octanol–water partition coefficient (Wildman–Crippen LogP) is 0.241. The van der Waals surface area contributed by atoms with E-state index in [0.29, 0.717) is 12.8 Å². The predicted molar refractivity (Wildman–Crippen MR) is 40.1 cm³/mol. The van der Waals surface area contributed by atoms with Crippen LogP contribution in [0, 0.1) is 0 Å². The highest BCUT2D eigenvalue weighted by atomic mass is 16.3. The maximum absolute atomic E-state index is 11.0. The van der Waals surface area contributed by atoms with E-state index >= 15 is 0 Å². The summed E-state index contributed by atoms with van der Waals surface area (Å²) in [5.74, 6) is -0.211. The minimum atomic E-state index is -1.13. The third kappa shape index (κ3) is 2.27. The van der Waals surface area contributed by atoms with E-state index in [-0.39, 0.29) is 5.78 Å². The fraction of sp³-hybridized carbons (Fsp3) is 0.875. The SMILES string of the molecule is O=C1CCCCCC(O)C1O. The van der Waals surface area contributed by atoms with Crippen molar-refractivity contribution in [1.29, 1.82) is 0 Å². The Bertz CT molecular complexity index is 144. The second kappa shape index (κ2) is 3.83. The molecule has 0 aromatic heterocycles. The lowest BCUT2D eigenvalue weighted by Gasteiger charge is -2.19. The monoisotopic (exact) mass is 158 g/mol. The van der Waals surface area contributed by atoms with Crippen molar-refractivity contribution in [3.63, 3.8) is 0 Å². The van der Waals surface area contributed by atoms with E-state index in [9.17, 15) is 9.90 Å². The van der Waals surface area contributed by atoms with Gasteiger partial charge in [0.25, 0.3) is 0 Å². The molecule has 1 saturated carbocycles. The van der Waals surface area contributed by atoms with E-state index in [1.54, 1.807) is 0 Å². The van der Waals surface area contributed by atoms with Crippen LogP contribution in [0.2, 0.25) is 0 Å². The van der Waals surface area contributed by atoms with Crippen LogP contribution >= 0.6 is 0 Å². The molecular formula is C8H14O3. The lowest BCUT2D eigenvalue weighted by molar-refractivity contribution is -0.133. The third-order valence-electron chi connectivity index (χ3n) is 2.12. The molecule has 0 amide bonds. The summed E-state index contributed by atoms with van der Waals surface area (Å²) in [4.78, 5) is 11.0. The van der Waals surface area contributed by atoms with Gasteiger partial charge in [-0.05, 0) is 12.8 Å². The van der Waals surface area contributed by atoms with Gasteiger partial charge in [0.05, 0.1) is 6.10 Å². The number of Topliss-reactive ketones (excluding diaryl/α,β-unsaturated/α-hetero) is 1. The van der Waals surface area contributed by atoms with Gasteiger partial charge < -0.3 is 10.2 Å². The molecule has 0 radical (unpaired) electrons. The summed E-state index contributed by atoms with van der Waals surface area (Å²) >= 11 is 0. The van der Waals surface area contributed by atoms with Crippen LogP contribution in [0.3, 0.4) is 0 Å². The van der Waals surface area contributed by atoms with Crippen molar-refractivity contribution in [2.75, 3.05) is 0 Å². The van der Waals surface area contributed by atoms with Gasteiger partial charge in [0.15, 0.2) is 5.78 Å². The average Bonchev–Trinajstić information content (AvgIpc) is 2.00. The third-order valence-corrected chi connectivity index (χ3v) is 2.12. The van der Waals surface area contributed by atoms with Crippen molar-refractivity contribution in [2.45, 2.75) is 44.3 Å². The topological polar surface area (TPSA) is 57.5 Å². The molecule has 2 unspecified atom stereocenters. The minimum absolute atomic E-state index is 0.211. The normalized spacial score (nSPS) is 34.5. The molecule has 64 valence electrons. The average molecular weight is 158 g/mol. The van der Waals surface area contributed by atoms with Crippen molar-refractivity contribution < 1.29 is 15.0 Å². The van der Waals surface area contributed by atoms with Crippen molar-refractivity contribution in [3.8, 4) is 0 Å². The fourth-order valence-electron chi connectivity index (χ4n) is 1.35. The molecule has 1 fully saturated rings. The largest absolute Gasteiger partial charge is 0.390 e. The zero-order valence-electron chi connectivity index (χ0n) is 6.49. The van der Waals surface area contributed by atoms with E-state index in [1.165, 1.54) is 0 Å². The molecule has 11 heavy (non-hydrogen) atoms. The number of aliphatic hydroxyl groups is 2. The standard InChI is InChI=1S/C8H14O3/c9-6-4-2-1-3-5-7(10)8(6)11/h6,8-9,11H,1-5H2. The Kier molecular flexibility index (Phi) is 3.02. The molecule has 0 spiro atoms. The first-order valence-electron chi connectivity index (χ1n) is 4.10. The molecule has 1 aliphatic carbocycles. The first kappa shape index (κ1) is 8.68. The molecule has 3 heteroatoms. The Labute approximate surface area is 66.0 Å². The molecule has 2 N–H and O–H groups in total. The summed E-state index contributed by atoms with van der Waals surface area (Å²) in [5.41, 5.74) is 0. The van der Waals surface area contributed by atoms with Gasteiger partial charge in [-0.15, -0.1) is 0 Å². The maximum Gasteiger partial charge on any atom is 0.163 e. The second-order valence-electron chi connectivity index (χ2n) is 3.08. The number of hydrogen-bond acceptors (Lipinski definition) is 3. The van der Waals surface area contributed by atoms with Crippen LogP contribution in [-0.2, 0) is 4.79 Å². The first-order chi connectivity index (χ1) is 5.22. The quantitative estimate of drug-likeness (QED) is 0.531. The Balaban J connectivity index is 2.49. The van der Waals surface area contributed by atoms with Gasteiger partial charge >= 0.3 is 0 Å².